The summed E-state index contributed by atoms with van der Waals surface area (Å²) < 4.78 is 10.0. The maximum atomic E-state index is 11.5. The molecular weight excluding hydrogens is 200 g/mol. The Bertz CT molecular complexity index is 306. The molecule has 0 aliphatic rings. The summed E-state index contributed by atoms with van der Waals surface area (Å²) in [7, 11) is 1.58. The first-order valence-corrected chi connectivity index (χ1v) is 5.27. The molecule has 0 fully saturated rings. The van der Waals surface area contributed by atoms with Crippen molar-refractivity contribution >= 4 is 17.3 Å². The lowest BCUT2D eigenvalue weighted by Gasteiger charge is -2.11. The van der Waals surface area contributed by atoms with Crippen LogP contribution in [0.5, 0.6) is 0 Å². The molecular formula is C10H14O3S. The average molecular weight is 214 g/mol. The standard InChI is InChI=1S/C10H14O3S/c1-7-4-5-14-9(7)10(11)13-8(2)6-12-3/h4-5,8H,6H2,1-3H3/t8-/m1/s1. The summed E-state index contributed by atoms with van der Waals surface area (Å²) >= 11 is 1.40. The summed E-state index contributed by atoms with van der Waals surface area (Å²) in [5.41, 5.74) is 0.963. The average Bonchev–Trinajstić information content (AvgIpc) is 2.51. The number of carbonyl (C=O) groups excluding carboxylic acids is 1. The smallest absolute Gasteiger partial charge is 0.348 e. The van der Waals surface area contributed by atoms with Gasteiger partial charge < -0.3 is 9.47 Å². The first-order chi connectivity index (χ1) is 6.65. The van der Waals surface area contributed by atoms with Crippen LogP contribution in [0.3, 0.4) is 0 Å². The maximum Gasteiger partial charge on any atom is 0.348 e. The molecule has 78 valence electrons. The zero-order valence-electron chi connectivity index (χ0n) is 8.57. The lowest BCUT2D eigenvalue weighted by molar-refractivity contribution is 0.0124. The number of aryl methyl sites for hydroxylation is 1. The molecule has 1 rings (SSSR count). The molecule has 0 aliphatic carbocycles. The minimum absolute atomic E-state index is 0.200. The van der Waals surface area contributed by atoms with Crippen LogP contribution in [-0.4, -0.2) is 25.8 Å². The maximum absolute atomic E-state index is 11.5. The van der Waals surface area contributed by atoms with Crippen molar-refractivity contribution in [1.82, 2.24) is 0 Å². The van der Waals surface area contributed by atoms with Crippen LogP contribution in [0, 0.1) is 6.92 Å². The van der Waals surface area contributed by atoms with Gasteiger partial charge in [-0.15, -0.1) is 11.3 Å². The highest BCUT2D eigenvalue weighted by molar-refractivity contribution is 7.12. The molecule has 0 amide bonds. The molecule has 0 N–H and O–H groups in total. The summed E-state index contributed by atoms with van der Waals surface area (Å²) in [6, 6.07) is 1.91. The van der Waals surface area contributed by atoms with Crippen LogP contribution in [0.4, 0.5) is 0 Å². The molecule has 0 aromatic carbocycles. The quantitative estimate of drug-likeness (QED) is 0.721. The summed E-state index contributed by atoms with van der Waals surface area (Å²) in [6.07, 6.45) is -0.200. The molecule has 0 unspecified atom stereocenters. The molecule has 0 saturated heterocycles. The van der Waals surface area contributed by atoms with Gasteiger partial charge in [0, 0.05) is 7.11 Å². The number of hydrogen-bond donors (Lipinski definition) is 0. The minimum atomic E-state index is -0.262. The van der Waals surface area contributed by atoms with Gasteiger partial charge in [-0.25, -0.2) is 4.79 Å². The molecule has 14 heavy (non-hydrogen) atoms. The number of rotatable bonds is 4. The van der Waals surface area contributed by atoms with Gasteiger partial charge in [-0.3, -0.25) is 0 Å². The van der Waals surface area contributed by atoms with Gasteiger partial charge in [0.1, 0.15) is 11.0 Å². The van der Waals surface area contributed by atoms with E-state index >= 15 is 0 Å². The monoisotopic (exact) mass is 214 g/mol. The Hall–Kier alpha value is -0.870. The van der Waals surface area contributed by atoms with E-state index in [1.165, 1.54) is 11.3 Å². The second kappa shape index (κ2) is 5.12. The predicted octanol–water partition coefficient (Wildman–Crippen LogP) is 2.25. The molecule has 1 aromatic heterocycles. The van der Waals surface area contributed by atoms with Crippen LogP contribution < -0.4 is 0 Å². The van der Waals surface area contributed by atoms with Crippen molar-refractivity contribution in [3.63, 3.8) is 0 Å². The fourth-order valence-electron chi connectivity index (χ4n) is 1.09. The second-order valence-electron chi connectivity index (χ2n) is 3.10. The van der Waals surface area contributed by atoms with Gasteiger partial charge in [0.25, 0.3) is 0 Å². The number of esters is 1. The molecule has 0 spiro atoms. The van der Waals surface area contributed by atoms with Gasteiger partial charge in [-0.05, 0) is 30.9 Å². The number of ether oxygens (including phenoxy) is 2. The Kier molecular flexibility index (Phi) is 4.10. The summed E-state index contributed by atoms with van der Waals surface area (Å²) in [4.78, 5) is 12.2. The number of methoxy groups -OCH3 is 1. The number of carbonyl (C=O) groups is 1. The van der Waals surface area contributed by atoms with E-state index in [1.54, 1.807) is 7.11 Å². The lowest BCUT2D eigenvalue weighted by atomic mass is 10.3. The van der Waals surface area contributed by atoms with Crippen molar-refractivity contribution < 1.29 is 14.3 Å². The van der Waals surface area contributed by atoms with E-state index in [4.69, 9.17) is 9.47 Å². The van der Waals surface area contributed by atoms with Gasteiger partial charge in [0.2, 0.25) is 0 Å². The van der Waals surface area contributed by atoms with Crippen molar-refractivity contribution in [2.45, 2.75) is 20.0 Å². The van der Waals surface area contributed by atoms with E-state index < -0.39 is 0 Å². The molecule has 0 radical (unpaired) electrons. The van der Waals surface area contributed by atoms with Crippen LogP contribution >= 0.6 is 11.3 Å². The van der Waals surface area contributed by atoms with Crippen molar-refractivity contribution in [3.05, 3.63) is 21.9 Å². The Morgan fingerprint density at radius 2 is 2.36 bits per heavy atom. The minimum Gasteiger partial charge on any atom is -0.456 e. The van der Waals surface area contributed by atoms with E-state index in [0.717, 1.165) is 5.56 Å². The number of thiophene rings is 1. The molecule has 1 heterocycles. The third-order valence-corrected chi connectivity index (χ3v) is 2.75. The van der Waals surface area contributed by atoms with Crippen LogP contribution in [0.25, 0.3) is 0 Å². The van der Waals surface area contributed by atoms with E-state index in [9.17, 15) is 4.79 Å². The molecule has 0 saturated carbocycles. The van der Waals surface area contributed by atoms with Gasteiger partial charge in [-0.2, -0.15) is 0 Å². The van der Waals surface area contributed by atoms with Crippen molar-refractivity contribution in [2.24, 2.45) is 0 Å². The summed E-state index contributed by atoms with van der Waals surface area (Å²) in [5.74, 6) is -0.262. The third kappa shape index (κ3) is 2.82. The topological polar surface area (TPSA) is 35.5 Å². The molecule has 0 aliphatic heterocycles. The summed E-state index contributed by atoms with van der Waals surface area (Å²) in [6.45, 7) is 4.13. The Balaban J connectivity index is 2.55. The van der Waals surface area contributed by atoms with Crippen LogP contribution in [0.15, 0.2) is 11.4 Å². The Morgan fingerprint density at radius 3 is 2.86 bits per heavy atom. The van der Waals surface area contributed by atoms with E-state index in [2.05, 4.69) is 0 Å². The number of hydrogen-bond acceptors (Lipinski definition) is 4. The zero-order chi connectivity index (χ0) is 10.6. The van der Waals surface area contributed by atoms with Gasteiger partial charge in [-0.1, -0.05) is 0 Å². The first kappa shape index (κ1) is 11.2. The predicted molar refractivity (Wildman–Crippen MR) is 55.8 cm³/mol. The highest BCUT2D eigenvalue weighted by Gasteiger charge is 2.14. The lowest BCUT2D eigenvalue weighted by Crippen LogP contribution is -2.19. The third-order valence-electron chi connectivity index (χ3n) is 1.76. The van der Waals surface area contributed by atoms with E-state index in [0.29, 0.717) is 11.5 Å². The molecule has 3 nitrogen and oxygen atoms in total. The Labute approximate surface area is 87.7 Å². The highest BCUT2D eigenvalue weighted by atomic mass is 32.1. The molecule has 0 bridgehead atoms. The SMILES string of the molecule is COC[C@@H](C)OC(=O)c1sccc1C. The first-order valence-electron chi connectivity index (χ1n) is 4.39. The fourth-order valence-corrected chi connectivity index (χ4v) is 1.89. The van der Waals surface area contributed by atoms with Crippen LogP contribution in [0.2, 0.25) is 0 Å². The van der Waals surface area contributed by atoms with Crippen LogP contribution in [-0.2, 0) is 9.47 Å². The van der Waals surface area contributed by atoms with Crippen LogP contribution in [0.1, 0.15) is 22.2 Å². The van der Waals surface area contributed by atoms with Gasteiger partial charge in [0.05, 0.1) is 6.61 Å². The highest BCUT2D eigenvalue weighted by Crippen LogP contribution is 2.17. The molecule has 4 heteroatoms. The second-order valence-corrected chi connectivity index (χ2v) is 4.02. The van der Waals surface area contributed by atoms with Gasteiger partial charge in [0.15, 0.2) is 0 Å². The molecule has 1 atom stereocenters. The van der Waals surface area contributed by atoms with Crippen molar-refractivity contribution in [3.8, 4) is 0 Å². The van der Waals surface area contributed by atoms with E-state index in [1.807, 2.05) is 25.3 Å². The Morgan fingerprint density at radius 1 is 1.64 bits per heavy atom. The van der Waals surface area contributed by atoms with E-state index in [-0.39, 0.29) is 12.1 Å². The van der Waals surface area contributed by atoms with Crippen molar-refractivity contribution in [1.29, 1.82) is 0 Å². The zero-order valence-corrected chi connectivity index (χ0v) is 9.39. The van der Waals surface area contributed by atoms with Crippen molar-refractivity contribution in [2.75, 3.05) is 13.7 Å². The largest absolute Gasteiger partial charge is 0.456 e. The normalized spacial score (nSPS) is 12.5. The molecule has 1 aromatic rings. The fraction of sp³-hybridized carbons (Fsp3) is 0.500. The summed E-state index contributed by atoms with van der Waals surface area (Å²) in [5, 5.41) is 1.88. The van der Waals surface area contributed by atoms with Gasteiger partial charge >= 0.3 is 5.97 Å².